The molecule has 0 radical (unpaired) electrons. The van der Waals surface area contributed by atoms with Crippen LogP contribution in [0.3, 0.4) is 0 Å². The molecule has 1 aliphatic carbocycles. The summed E-state index contributed by atoms with van der Waals surface area (Å²) < 4.78 is 5.94. The number of rotatable bonds is 3. The van der Waals surface area contributed by atoms with Gasteiger partial charge in [-0.15, -0.1) is 0 Å². The molecule has 0 saturated heterocycles. The Morgan fingerprint density at radius 1 is 1.35 bits per heavy atom. The summed E-state index contributed by atoms with van der Waals surface area (Å²) in [7, 11) is 0. The molecule has 0 heterocycles. The van der Waals surface area contributed by atoms with E-state index in [0.717, 1.165) is 18.6 Å². The Hall–Kier alpha value is -0.440. The Morgan fingerprint density at radius 3 is 2.41 bits per heavy atom. The summed E-state index contributed by atoms with van der Waals surface area (Å²) in [6.45, 7) is 4.30. The second-order valence-electron chi connectivity index (χ2n) is 4.91. The summed E-state index contributed by atoms with van der Waals surface area (Å²) in [6, 6.07) is 5.48. The highest BCUT2D eigenvalue weighted by Gasteiger charge is 2.50. The first kappa shape index (κ1) is 13.0. The molecule has 1 aliphatic rings. The van der Waals surface area contributed by atoms with E-state index in [-0.39, 0.29) is 17.6 Å². The van der Waals surface area contributed by atoms with E-state index < -0.39 is 0 Å². The molecular weight excluding hydrogens is 257 g/mol. The van der Waals surface area contributed by atoms with E-state index in [4.69, 9.17) is 33.7 Å². The van der Waals surface area contributed by atoms with Crippen molar-refractivity contribution in [3.05, 3.63) is 28.2 Å². The number of halogens is 2. The first-order valence-electron chi connectivity index (χ1n) is 5.84. The van der Waals surface area contributed by atoms with Crippen LogP contribution < -0.4 is 10.5 Å². The van der Waals surface area contributed by atoms with Crippen LogP contribution in [0.25, 0.3) is 0 Å². The Labute approximate surface area is 112 Å². The first-order chi connectivity index (χ1) is 7.95. The van der Waals surface area contributed by atoms with Crippen molar-refractivity contribution in [1.29, 1.82) is 0 Å². The first-order valence-corrected chi connectivity index (χ1v) is 6.59. The van der Waals surface area contributed by atoms with Gasteiger partial charge in [-0.1, -0.05) is 37.0 Å². The van der Waals surface area contributed by atoms with Crippen molar-refractivity contribution in [1.82, 2.24) is 0 Å². The molecule has 1 saturated carbocycles. The summed E-state index contributed by atoms with van der Waals surface area (Å²) in [5.41, 5.74) is 6.09. The largest absolute Gasteiger partial charge is 0.490 e. The van der Waals surface area contributed by atoms with E-state index in [2.05, 4.69) is 13.8 Å². The molecule has 0 spiro atoms. The fourth-order valence-corrected chi connectivity index (χ4v) is 2.79. The van der Waals surface area contributed by atoms with E-state index in [1.807, 2.05) is 0 Å². The average molecular weight is 274 g/mol. The highest BCUT2D eigenvalue weighted by Crippen LogP contribution is 2.45. The Bertz CT molecular complexity index is 404. The quantitative estimate of drug-likeness (QED) is 0.907. The molecule has 0 aliphatic heterocycles. The topological polar surface area (TPSA) is 35.2 Å². The van der Waals surface area contributed by atoms with E-state index in [9.17, 15) is 0 Å². The predicted molar refractivity (Wildman–Crippen MR) is 71.9 cm³/mol. The van der Waals surface area contributed by atoms with E-state index in [1.54, 1.807) is 18.2 Å². The zero-order chi connectivity index (χ0) is 12.6. The zero-order valence-corrected chi connectivity index (χ0v) is 11.6. The number of hydrogen-bond donors (Lipinski definition) is 1. The average Bonchev–Trinajstić information content (AvgIpc) is 2.26. The van der Waals surface area contributed by atoms with Crippen LogP contribution in [-0.4, -0.2) is 12.1 Å². The van der Waals surface area contributed by atoms with Crippen LogP contribution in [-0.2, 0) is 0 Å². The molecule has 3 atom stereocenters. The second-order valence-corrected chi connectivity index (χ2v) is 5.79. The maximum absolute atomic E-state index is 6.04. The minimum atomic E-state index is 0.0504. The van der Waals surface area contributed by atoms with Gasteiger partial charge in [0, 0.05) is 27.9 Å². The van der Waals surface area contributed by atoms with Crippen molar-refractivity contribution >= 4 is 23.2 Å². The smallest absolute Gasteiger partial charge is 0.122 e. The maximum atomic E-state index is 6.04. The standard InChI is InChI=1S/C13H17Cl2NO/c1-3-13(2)11(16)7-12(13)17-10-5-8(14)4-9(15)6-10/h4-6,11-12H,3,7,16H2,1-2H3. The van der Waals surface area contributed by atoms with Crippen LogP contribution in [0.4, 0.5) is 0 Å². The summed E-state index contributed by atoms with van der Waals surface area (Å²) >= 11 is 11.9. The molecular formula is C13H17Cl2NO. The number of benzene rings is 1. The normalized spacial score (nSPS) is 32.1. The lowest BCUT2D eigenvalue weighted by atomic mass is 9.62. The van der Waals surface area contributed by atoms with Gasteiger partial charge in [0.1, 0.15) is 11.9 Å². The molecule has 0 bridgehead atoms. The van der Waals surface area contributed by atoms with Gasteiger partial charge in [-0.3, -0.25) is 0 Å². The molecule has 0 amide bonds. The van der Waals surface area contributed by atoms with Crippen molar-refractivity contribution in [2.45, 2.75) is 38.8 Å². The van der Waals surface area contributed by atoms with Crippen LogP contribution in [0.5, 0.6) is 5.75 Å². The Balaban J connectivity index is 2.12. The Kier molecular flexibility index (Phi) is 3.58. The zero-order valence-electron chi connectivity index (χ0n) is 10.0. The molecule has 94 valence electrons. The summed E-state index contributed by atoms with van der Waals surface area (Å²) in [5.74, 6) is 0.721. The molecule has 1 aromatic rings. The lowest BCUT2D eigenvalue weighted by molar-refractivity contribution is -0.0560. The van der Waals surface area contributed by atoms with Gasteiger partial charge in [0.2, 0.25) is 0 Å². The summed E-state index contributed by atoms with van der Waals surface area (Å²) in [5, 5.41) is 1.18. The predicted octanol–water partition coefficient (Wildman–Crippen LogP) is 3.89. The molecule has 3 unspecified atom stereocenters. The fraction of sp³-hybridized carbons (Fsp3) is 0.538. The van der Waals surface area contributed by atoms with Gasteiger partial charge in [0.05, 0.1) is 0 Å². The number of nitrogens with two attached hydrogens (primary N) is 1. The molecule has 1 fully saturated rings. The van der Waals surface area contributed by atoms with E-state index in [1.165, 1.54) is 0 Å². The van der Waals surface area contributed by atoms with Crippen molar-refractivity contribution in [2.75, 3.05) is 0 Å². The lowest BCUT2D eigenvalue weighted by Gasteiger charge is -2.51. The third kappa shape index (κ3) is 2.40. The van der Waals surface area contributed by atoms with Crippen molar-refractivity contribution in [2.24, 2.45) is 11.1 Å². The maximum Gasteiger partial charge on any atom is 0.122 e. The lowest BCUT2D eigenvalue weighted by Crippen LogP contribution is -2.61. The van der Waals surface area contributed by atoms with Crippen LogP contribution in [0.1, 0.15) is 26.7 Å². The summed E-state index contributed by atoms with van der Waals surface area (Å²) in [4.78, 5) is 0. The van der Waals surface area contributed by atoms with Gasteiger partial charge in [-0.2, -0.15) is 0 Å². The third-order valence-electron chi connectivity index (χ3n) is 3.93. The van der Waals surface area contributed by atoms with Crippen LogP contribution in [0.15, 0.2) is 18.2 Å². The summed E-state index contributed by atoms with van der Waals surface area (Å²) in [6.07, 6.45) is 2.04. The molecule has 2 N–H and O–H groups in total. The minimum Gasteiger partial charge on any atom is -0.490 e. The molecule has 1 aromatic carbocycles. The van der Waals surface area contributed by atoms with Gasteiger partial charge in [0.25, 0.3) is 0 Å². The molecule has 17 heavy (non-hydrogen) atoms. The molecule has 0 aromatic heterocycles. The second kappa shape index (κ2) is 4.68. The minimum absolute atomic E-state index is 0.0504. The third-order valence-corrected chi connectivity index (χ3v) is 4.36. The Morgan fingerprint density at radius 2 is 1.94 bits per heavy atom. The highest BCUT2D eigenvalue weighted by atomic mass is 35.5. The van der Waals surface area contributed by atoms with Gasteiger partial charge in [-0.05, 0) is 24.6 Å². The SMILES string of the molecule is CCC1(C)C(N)CC1Oc1cc(Cl)cc(Cl)c1. The van der Waals surface area contributed by atoms with Crippen molar-refractivity contribution < 1.29 is 4.74 Å². The van der Waals surface area contributed by atoms with Crippen molar-refractivity contribution in [3.63, 3.8) is 0 Å². The molecule has 2 rings (SSSR count). The van der Waals surface area contributed by atoms with Crippen molar-refractivity contribution in [3.8, 4) is 5.75 Å². The van der Waals surface area contributed by atoms with Gasteiger partial charge in [-0.25, -0.2) is 0 Å². The van der Waals surface area contributed by atoms with E-state index in [0.29, 0.717) is 10.0 Å². The van der Waals surface area contributed by atoms with Crippen LogP contribution in [0, 0.1) is 5.41 Å². The van der Waals surface area contributed by atoms with Crippen LogP contribution >= 0.6 is 23.2 Å². The number of hydrogen-bond acceptors (Lipinski definition) is 2. The highest BCUT2D eigenvalue weighted by molar-refractivity contribution is 6.34. The van der Waals surface area contributed by atoms with Gasteiger partial charge < -0.3 is 10.5 Å². The molecule has 2 nitrogen and oxygen atoms in total. The van der Waals surface area contributed by atoms with E-state index >= 15 is 0 Å². The molecule has 4 heteroatoms. The monoisotopic (exact) mass is 273 g/mol. The van der Waals surface area contributed by atoms with Gasteiger partial charge in [0.15, 0.2) is 0 Å². The van der Waals surface area contributed by atoms with Crippen LogP contribution in [0.2, 0.25) is 10.0 Å². The fourth-order valence-electron chi connectivity index (χ4n) is 2.28. The van der Waals surface area contributed by atoms with Gasteiger partial charge >= 0.3 is 0 Å². The number of ether oxygens (including phenoxy) is 1.